The second-order valence-corrected chi connectivity index (χ2v) is 10.6. The van der Waals surface area contributed by atoms with Gasteiger partial charge in [-0.3, -0.25) is 9.59 Å². The summed E-state index contributed by atoms with van der Waals surface area (Å²) in [7, 11) is -3.09. The summed E-state index contributed by atoms with van der Waals surface area (Å²) in [4.78, 5) is 30.5. The fourth-order valence-electron chi connectivity index (χ4n) is 3.21. The van der Waals surface area contributed by atoms with E-state index in [0.29, 0.717) is 29.2 Å². The van der Waals surface area contributed by atoms with Crippen molar-refractivity contribution in [1.82, 2.24) is 9.88 Å². The first-order chi connectivity index (χ1) is 13.0. The topological polar surface area (TPSA) is 108 Å². The van der Waals surface area contributed by atoms with E-state index >= 15 is 0 Å². The van der Waals surface area contributed by atoms with Crippen LogP contribution in [0.3, 0.4) is 0 Å². The molecule has 0 bridgehead atoms. The van der Waals surface area contributed by atoms with Gasteiger partial charge in [-0.15, -0.1) is 0 Å². The third kappa shape index (κ3) is 5.55. The number of thioether (sulfide) groups is 1. The van der Waals surface area contributed by atoms with E-state index in [1.54, 1.807) is 11.8 Å². The zero-order chi connectivity index (χ0) is 21.1. The van der Waals surface area contributed by atoms with E-state index in [0.717, 1.165) is 11.8 Å². The summed E-state index contributed by atoms with van der Waals surface area (Å²) in [5.74, 6) is 0.0497. The lowest BCUT2D eigenvalue weighted by atomic mass is 10.1. The van der Waals surface area contributed by atoms with Crippen molar-refractivity contribution in [3.63, 3.8) is 0 Å². The largest absolute Gasteiger partial charge is 0.338 e. The molecule has 1 aliphatic heterocycles. The molecule has 1 atom stereocenters. The summed E-state index contributed by atoms with van der Waals surface area (Å²) in [6, 6.07) is 3.24. The smallest absolute Gasteiger partial charge is 0.233 e. The molecule has 28 heavy (non-hydrogen) atoms. The fraction of sp³-hybridized carbons (Fsp3) is 0.579. The zero-order valence-electron chi connectivity index (χ0n) is 16.6. The fourth-order valence-corrected chi connectivity index (χ4v) is 5.83. The van der Waals surface area contributed by atoms with Crippen molar-refractivity contribution in [1.29, 1.82) is 5.26 Å². The van der Waals surface area contributed by atoms with Crippen molar-refractivity contribution < 1.29 is 18.0 Å². The Kier molecular flexibility index (Phi) is 7.23. The Bertz CT molecular complexity index is 920. The lowest BCUT2D eigenvalue weighted by Gasteiger charge is -2.30. The summed E-state index contributed by atoms with van der Waals surface area (Å²) in [6.45, 7) is 7.56. The molecule has 0 aromatic carbocycles. The molecular weight excluding hydrogens is 398 g/mol. The van der Waals surface area contributed by atoms with Crippen LogP contribution in [0.4, 0.5) is 0 Å². The van der Waals surface area contributed by atoms with Crippen LogP contribution in [0.1, 0.15) is 48.8 Å². The number of carbonyl (C=O) groups excluding carboxylic acids is 2. The number of ketones is 1. The molecule has 0 radical (unpaired) electrons. The Balaban J connectivity index is 2.17. The van der Waals surface area contributed by atoms with Crippen LogP contribution < -0.4 is 0 Å². The Hall–Kier alpha value is -1.92. The normalized spacial score (nSPS) is 18.1. The third-order valence-electron chi connectivity index (χ3n) is 4.54. The number of amides is 1. The highest BCUT2D eigenvalue weighted by Crippen LogP contribution is 2.25. The van der Waals surface area contributed by atoms with E-state index in [1.165, 1.54) is 13.0 Å². The molecule has 0 N–H and O–H groups in total. The molecule has 0 aliphatic carbocycles. The molecule has 0 spiro atoms. The highest BCUT2D eigenvalue weighted by atomic mass is 32.2. The van der Waals surface area contributed by atoms with Crippen LogP contribution in [-0.2, 0) is 14.6 Å². The van der Waals surface area contributed by atoms with E-state index in [-0.39, 0.29) is 46.5 Å². The number of hydrogen-bond acceptors (Lipinski definition) is 7. The van der Waals surface area contributed by atoms with Gasteiger partial charge in [-0.2, -0.15) is 5.26 Å². The van der Waals surface area contributed by atoms with E-state index < -0.39 is 9.84 Å². The van der Waals surface area contributed by atoms with E-state index in [1.807, 2.05) is 19.9 Å². The molecule has 2 rings (SSSR count). The van der Waals surface area contributed by atoms with E-state index in [4.69, 9.17) is 0 Å². The van der Waals surface area contributed by atoms with Crippen LogP contribution in [0.2, 0.25) is 0 Å². The quantitative estimate of drug-likeness (QED) is 0.489. The lowest BCUT2D eigenvalue weighted by Crippen LogP contribution is -2.44. The molecule has 1 unspecified atom stereocenters. The number of nitriles is 1. The number of sulfone groups is 1. The van der Waals surface area contributed by atoms with Crippen LogP contribution in [-0.4, -0.2) is 59.8 Å². The highest BCUT2D eigenvalue weighted by molar-refractivity contribution is 8.00. The van der Waals surface area contributed by atoms with Gasteiger partial charge in [-0.1, -0.05) is 25.6 Å². The van der Waals surface area contributed by atoms with E-state index in [9.17, 15) is 23.3 Å². The first kappa shape index (κ1) is 22.4. The molecule has 2 heterocycles. The molecule has 1 amide bonds. The van der Waals surface area contributed by atoms with Gasteiger partial charge < -0.3 is 4.90 Å². The molecule has 1 aliphatic rings. The van der Waals surface area contributed by atoms with Crippen LogP contribution >= 0.6 is 11.8 Å². The van der Waals surface area contributed by atoms with Crippen LogP contribution in [0.15, 0.2) is 11.1 Å². The Morgan fingerprint density at radius 1 is 1.43 bits per heavy atom. The molecule has 1 fully saturated rings. The van der Waals surface area contributed by atoms with Gasteiger partial charge >= 0.3 is 0 Å². The van der Waals surface area contributed by atoms with Crippen LogP contribution in [0, 0.1) is 24.2 Å². The van der Waals surface area contributed by atoms with Gasteiger partial charge in [0.25, 0.3) is 0 Å². The number of aromatic nitrogens is 1. The first-order valence-corrected chi connectivity index (χ1v) is 11.9. The number of hydrogen-bond donors (Lipinski definition) is 0. The molecule has 1 aromatic rings. The molecule has 7 nitrogen and oxygen atoms in total. The number of rotatable bonds is 7. The third-order valence-corrected chi connectivity index (χ3v) is 7.27. The first-order valence-electron chi connectivity index (χ1n) is 9.09. The van der Waals surface area contributed by atoms with Crippen LogP contribution in [0.25, 0.3) is 0 Å². The second-order valence-electron chi connectivity index (χ2n) is 7.43. The number of Topliss-reactive ketones (excluding diaryl/α,β-unsaturated/α-hetero) is 1. The number of aryl methyl sites for hydroxylation is 1. The zero-order valence-corrected chi connectivity index (χ0v) is 18.2. The van der Waals surface area contributed by atoms with Crippen LogP contribution in [0.5, 0.6) is 0 Å². The van der Waals surface area contributed by atoms with E-state index in [2.05, 4.69) is 4.98 Å². The SMILES string of the molecule is CC(=O)c1cc(C#N)c(SCC(=O)N(CC(C)C)C2CCS(=O)(=O)C2)nc1C. The van der Waals surface area contributed by atoms with Gasteiger partial charge in [-0.05, 0) is 32.3 Å². The minimum Gasteiger partial charge on any atom is -0.338 e. The van der Waals surface area contributed by atoms with Gasteiger partial charge in [0.1, 0.15) is 11.1 Å². The Labute approximate surface area is 170 Å². The maximum absolute atomic E-state index is 12.9. The minimum atomic E-state index is -3.09. The Morgan fingerprint density at radius 2 is 2.11 bits per heavy atom. The average Bonchev–Trinajstić information content (AvgIpc) is 2.96. The maximum Gasteiger partial charge on any atom is 0.233 e. The molecule has 0 saturated carbocycles. The summed E-state index contributed by atoms with van der Waals surface area (Å²) >= 11 is 1.14. The molecule has 1 saturated heterocycles. The molecule has 9 heteroatoms. The monoisotopic (exact) mass is 423 g/mol. The van der Waals surface area contributed by atoms with Crippen molar-refractivity contribution in [2.75, 3.05) is 23.8 Å². The highest BCUT2D eigenvalue weighted by Gasteiger charge is 2.34. The number of carbonyl (C=O) groups is 2. The summed E-state index contributed by atoms with van der Waals surface area (Å²) in [6.07, 6.45) is 0.458. The average molecular weight is 424 g/mol. The van der Waals surface area contributed by atoms with Gasteiger partial charge in [0.15, 0.2) is 15.6 Å². The van der Waals surface area contributed by atoms with Gasteiger partial charge in [-0.25, -0.2) is 13.4 Å². The Morgan fingerprint density at radius 3 is 2.61 bits per heavy atom. The van der Waals surface area contributed by atoms with Crippen molar-refractivity contribution in [3.05, 3.63) is 22.9 Å². The van der Waals surface area contributed by atoms with Crippen molar-refractivity contribution in [2.24, 2.45) is 5.92 Å². The standard InChI is InChI=1S/C19H25N3O4S2/c1-12(2)9-22(16-5-6-28(25,26)11-16)18(24)10-27-19-15(8-20)7-17(14(4)23)13(3)21-19/h7,12,16H,5-6,9-11H2,1-4H3. The predicted molar refractivity (Wildman–Crippen MR) is 108 cm³/mol. The summed E-state index contributed by atoms with van der Waals surface area (Å²) < 4.78 is 23.6. The summed E-state index contributed by atoms with van der Waals surface area (Å²) in [5, 5.41) is 9.77. The van der Waals surface area contributed by atoms with Crippen molar-refractivity contribution in [2.45, 2.75) is 45.2 Å². The number of nitrogens with zero attached hydrogens (tertiary/aromatic N) is 3. The van der Waals surface area contributed by atoms with Crippen molar-refractivity contribution >= 4 is 33.3 Å². The summed E-state index contributed by atoms with van der Waals surface area (Å²) in [5.41, 5.74) is 1.17. The van der Waals surface area contributed by atoms with Crippen molar-refractivity contribution in [3.8, 4) is 6.07 Å². The minimum absolute atomic E-state index is 0.00421. The second kappa shape index (κ2) is 9.05. The van der Waals surface area contributed by atoms with Gasteiger partial charge in [0, 0.05) is 23.8 Å². The molecule has 1 aromatic heterocycles. The van der Waals surface area contributed by atoms with Gasteiger partial charge in [0.05, 0.1) is 22.8 Å². The molecular formula is C19H25N3O4S2. The van der Waals surface area contributed by atoms with Gasteiger partial charge in [0.2, 0.25) is 5.91 Å². The maximum atomic E-state index is 12.9. The lowest BCUT2D eigenvalue weighted by molar-refractivity contribution is -0.130. The predicted octanol–water partition coefficient (Wildman–Crippen LogP) is 2.23. The number of pyridine rings is 1. The molecule has 152 valence electrons.